The standard InChI is InChI=1S/C21H23N3O4/c1-15-18(22-20(25)28-17-12-8-5-9-13-17)24(16-10-6-4-7-11-16)23-19(15)27-14-21(2,3)26/h4-13,26H,14H2,1-3H3,(H,22,25). The van der Waals surface area contributed by atoms with E-state index in [4.69, 9.17) is 9.47 Å². The van der Waals surface area contributed by atoms with E-state index < -0.39 is 11.7 Å². The fraction of sp³-hybridized carbons (Fsp3) is 0.238. The highest BCUT2D eigenvalue weighted by Crippen LogP contribution is 2.29. The van der Waals surface area contributed by atoms with Gasteiger partial charge in [-0.2, -0.15) is 0 Å². The van der Waals surface area contributed by atoms with Gasteiger partial charge in [-0.05, 0) is 45.0 Å². The van der Waals surface area contributed by atoms with Gasteiger partial charge in [0.2, 0.25) is 5.88 Å². The smallest absolute Gasteiger partial charge is 0.418 e. The van der Waals surface area contributed by atoms with Gasteiger partial charge in [0, 0.05) is 0 Å². The van der Waals surface area contributed by atoms with Gasteiger partial charge in [0.05, 0.1) is 16.9 Å². The van der Waals surface area contributed by atoms with Gasteiger partial charge < -0.3 is 14.6 Å². The molecule has 0 aliphatic carbocycles. The Labute approximate surface area is 163 Å². The molecule has 0 unspecified atom stereocenters. The van der Waals surface area contributed by atoms with E-state index in [2.05, 4.69) is 10.4 Å². The Bertz CT molecular complexity index is 932. The fourth-order valence-electron chi connectivity index (χ4n) is 2.48. The van der Waals surface area contributed by atoms with E-state index in [-0.39, 0.29) is 6.61 Å². The molecule has 0 bridgehead atoms. The molecule has 7 nitrogen and oxygen atoms in total. The molecule has 0 saturated carbocycles. The van der Waals surface area contributed by atoms with E-state index in [1.807, 2.05) is 36.4 Å². The second kappa shape index (κ2) is 8.14. The van der Waals surface area contributed by atoms with E-state index in [1.54, 1.807) is 49.7 Å². The molecule has 2 aromatic carbocycles. The topological polar surface area (TPSA) is 85.6 Å². The lowest BCUT2D eigenvalue weighted by Crippen LogP contribution is -2.28. The number of benzene rings is 2. The van der Waals surface area contributed by atoms with Crippen LogP contribution in [0, 0.1) is 6.92 Å². The number of carbonyl (C=O) groups is 1. The number of rotatable bonds is 6. The summed E-state index contributed by atoms with van der Waals surface area (Å²) in [5.74, 6) is 1.18. The van der Waals surface area contributed by atoms with Crippen molar-refractivity contribution in [1.29, 1.82) is 0 Å². The highest BCUT2D eigenvalue weighted by molar-refractivity contribution is 5.87. The molecule has 2 N–H and O–H groups in total. The molecule has 1 aromatic heterocycles. The first-order chi connectivity index (χ1) is 13.3. The van der Waals surface area contributed by atoms with Gasteiger partial charge >= 0.3 is 6.09 Å². The van der Waals surface area contributed by atoms with Gasteiger partial charge in [0.15, 0.2) is 0 Å². The molecule has 0 saturated heterocycles. The maximum Gasteiger partial charge on any atom is 0.418 e. The highest BCUT2D eigenvalue weighted by Gasteiger charge is 2.22. The van der Waals surface area contributed by atoms with E-state index in [0.29, 0.717) is 23.0 Å². The number of ether oxygens (including phenoxy) is 2. The fourth-order valence-corrected chi connectivity index (χ4v) is 2.48. The van der Waals surface area contributed by atoms with Crippen molar-refractivity contribution < 1.29 is 19.4 Å². The van der Waals surface area contributed by atoms with E-state index in [1.165, 1.54) is 0 Å². The Kier molecular flexibility index (Phi) is 5.65. The summed E-state index contributed by atoms with van der Waals surface area (Å²) in [4.78, 5) is 12.4. The second-order valence-corrected chi connectivity index (χ2v) is 6.95. The molecule has 146 valence electrons. The summed E-state index contributed by atoms with van der Waals surface area (Å²) < 4.78 is 12.6. The Hall–Kier alpha value is -3.32. The number of carbonyl (C=O) groups excluding carboxylic acids is 1. The van der Waals surface area contributed by atoms with Crippen molar-refractivity contribution in [3.63, 3.8) is 0 Å². The van der Waals surface area contributed by atoms with Gasteiger partial charge in [0.1, 0.15) is 18.2 Å². The number of hydrogen-bond donors (Lipinski definition) is 2. The lowest BCUT2D eigenvalue weighted by atomic mass is 10.2. The summed E-state index contributed by atoms with van der Waals surface area (Å²) in [6, 6.07) is 18.1. The van der Waals surface area contributed by atoms with Crippen LogP contribution in [-0.2, 0) is 0 Å². The first kappa shape index (κ1) is 19.4. The number of nitrogens with zero attached hydrogens (tertiary/aromatic N) is 2. The molecule has 0 aliphatic rings. The monoisotopic (exact) mass is 381 g/mol. The summed E-state index contributed by atoms with van der Waals surface area (Å²) in [5, 5.41) is 17.1. The van der Waals surface area contributed by atoms with Crippen LogP contribution in [0.4, 0.5) is 10.6 Å². The van der Waals surface area contributed by atoms with E-state index in [0.717, 1.165) is 5.69 Å². The van der Waals surface area contributed by atoms with Crippen LogP contribution in [0.25, 0.3) is 5.69 Å². The molecule has 28 heavy (non-hydrogen) atoms. The van der Waals surface area contributed by atoms with Crippen LogP contribution < -0.4 is 14.8 Å². The summed E-state index contributed by atoms with van der Waals surface area (Å²) in [6.07, 6.45) is -0.639. The number of nitrogens with one attached hydrogen (secondary N) is 1. The van der Waals surface area contributed by atoms with E-state index >= 15 is 0 Å². The second-order valence-electron chi connectivity index (χ2n) is 6.95. The molecule has 0 aliphatic heterocycles. The van der Waals surface area contributed by atoms with Crippen LogP contribution >= 0.6 is 0 Å². The van der Waals surface area contributed by atoms with Crippen LogP contribution in [0.3, 0.4) is 0 Å². The zero-order valence-electron chi connectivity index (χ0n) is 16.0. The van der Waals surface area contributed by atoms with Crippen molar-refractivity contribution in [2.24, 2.45) is 0 Å². The minimum Gasteiger partial charge on any atom is -0.473 e. The van der Waals surface area contributed by atoms with Gasteiger partial charge in [-0.1, -0.05) is 36.4 Å². The van der Waals surface area contributed by atoms with Crippen LogP contribution in [0.1, 0.15) is 19.4 Å². The average Bonchev–Trinajstić information content (AvgIpc) is 2.97. The number of aromatic nitrogens is 2. The molecular weight excluding hydrogens is 358 g/mol. The third-order valence-electron chi connectivity index (χ3n) is 3.82. The summed E-state index contributed by atoms with van der Waals surface area (Å²) in [7, 11) is 0. The van der Waals surface area contributed by atoms with Crippen molar-refractivity contribution in [3.05, 3.63) is 66.2 Å². The Balaban J connectivity index is 1.89. The molecule has 7 heteroatoms. The Morgan fingerprint density at radius 2 is 1.71 bits per heavy atom. The molecule has 1 heterocycles. The molecule has 0 atom stereocenters. The number of aliphatic hydroxyl groups is 1. The lowest BCUT2D eigenvalue weighted by molar-refractivity contribution is 0.0265. The molecule has 3 rings (SSSR count). The largest absolute Gasteiger partial charge is 0.473 e. The predicted octanol–water partition coefficient (Wildman–Crippen LogP) is 3.94. The highest BCUT2D eigenvalue weighted by atomic mass is 16.6. The molecule has 1 amide bonds. The Morgan fingerprint density at radius 1 is 1.11 bits per heavy atom. The third kappa shape index (κ3) is 4.89. The number of anilines is 1. The third-order valence-corrected chi connectivity index (χ3v) is 3.82. The Morgan fingerprint density at radius 3 is 2.32 bits per heavy atom. The molecule has 3 aromatic rings. The molecule has 0 radical (unpaired) electrons. The number of para-hydroxylation sites is 2. The maximum atomic E-state index is 12.4. The molecular formula is C21H23N3O4. The zero-order chi connectivity index (χ0) is 20.1. The molecule has 0 spiro atoms. The first-order valence-electron chi connectivity index (χ1n) is 8.87. The molecule has 0 fully saturated rings. The van der Waals surface area contributed by atoms with Crippen molar-refractivity contribution in [3.8, 4) is 17.3 Å². The van der Waals surface area contributed by atoms with Crippen molar-refractivity contribution >= 4 is 11.9 Å². The predicted molar refractivity (Wildman–Crippen MR) is 106 cm³/mol. The number of amides is 1. The minimum absolute atomic E-state index is 0.0630. The SMILES string of the molecule is Cc1c(OCC(C)(C)O)nn(-c2ccccc2)c1NC(=O)Oc1ccccc1. The minimum atomic E-state index is -1.01. The summed E-state index contributed by atoms with van der Waals surface area (Å²) in [6.45, 7) is 5.14. The van der Waals surface area contributed by atoms with E-state index in [9.17, 15) is 9.90 Å². The summed E-state index contributed by atoms with van der Waals surface area (Å²) >= 11 is 0. The van der Waals surface area contributed by atoms with Crippen LogP contribution in [0.5, 0.6) is 11.6 Å². The van der Waals surface area contributed by atoms with Crippen LogP contribution in [-0.4, -0.2) is 33.2 Å². The lowest BCUT2D eigenvalue weighted by Gasteiger charge is -2.16. The zero-order valence-corrected chi connectivity index (χ0v) is 16.0. The van der Waals surface area contributed by atoms with Crippen LogP contribution in [0.15, 0.2) is 60.7 Å². The van der Waals surface area contributed by atoms with Gasteiger partial charge in [-0.3, -0.25) is 5.32 Å². The van der Waals surface area contributed by atoms with Crippen LogP contribution in [0.2, 0.25) is 0 Å². The van der Waals surface area contributed by atoms with Crippen molar-refractivity contribution in [2.45, 2.75) is 26.4 Å². The van der Waals surface area contributed by atoms with Crippen molar-refractivity contribution in [2.75, 3.05) is 11.9 Å². The maximum absolute atomic E-state index is 12.4. The quantitative estimate of drug-likeness (QED) is 0.675. The van der Waals surface area contributed by atoms with Crippen molar-refractivity contribution in [1.82, 2.24) is 9.78 Å². The number of hydrogen-bond acceptors (Lipinski definition) is 5. The van der Waals surface area contributed by atoms with Gasteiger partial charge in [-0.15, -0.1) is 5.10 Å². The average molecular weight is 381 g/mol. The normalized spacial score (nSPS) is 11.1. The van der Waals surface area contributed by atoms with Gasteiger partial charge in [0.25, 0.3) is 0 Å². The summed E-state index contributed by atoms with van der Waals surface area (Å²) in [5.41, 5.74) is 0.361. The van der Waals surface area contributed by atoms with Gasteiger partial charge in [-0.25, -0.2) is 9.48 Å². The first-order valence-corrected chi connectivity index (χ1v) is 8.87.